The van der Waals surface area contributed by atoms with Gasteiger partial charge in [0.15, 0.2) is 5.82 Å². The van der Waals surface area contributed by atoms with Gasteiger partial charge in [-0.05, 0) is 0 Å². The fraction of sp³-hybridized carbons (Fsp3) is 0.143. The van der Waals surface area contributed by atoms with Gasteiger partial charge in [-0.3, -0.25) is 5.73 Å². The Balaban J connectivity index is 3.13. The molecule has 0 aromatic carbocycles. The zero-order valence-corrected chi connectivity index (χ0v) is 6.43. The van der Waals surface area contributed by atoms with Crippen LogP contribution in [0.3, 0.4) is 0 Å². The molecule has 0 unspecified atom stereocenters. The van der Waals surface area contributed by atoms with Crippen LogP contribution in [-0.4, -0.2) is 13.1 Å². The molecule has 0 aliphatic heterocycles. The van der Waals surface area contributed by atoms with Crippen LogP contribution in [0.2, 0.25) is 0 Å². The van der Waals surface area contributed by atoms with E-state index >= 15 is 0 Å². The van der Waals surface area contributed by atoms with Crippen molar-refractivity contribution in [3.8, 4) is 0 Å². The summed E-state index contributed by atoms with van der Waals surface area (Å²) in [5.41, 5.74) is 5.12. The minimum atomic E-state index is -0.742. The Morgan fingerprint density at radius 2 is 2.42 bits per heavy atom. The number of anilines is 1. The second-order valence-corrected chi connectivity index (χ2v) is 2.14. The van der Waals surface area contributed by atoms with E-state index in [4.69, 9.17) is 5.73 Å². The summed E-state index contributed by atoms with van der Waals surface area (Å²) >= 11 is 0. The number of nitrogens with two attached hydrogens (primary N) is 1. The van der Waals surface area contributed by atoms with Gasteiger partial charge in [-0.15, -0.1) is 0 Å². The van der Waals surface area contributed by atoms with Crippen molar-refractivity contribution in [2.75, 3.05) is 12.8 Å². The summed E-state index contributed by atoms with van der Waals surface area (Å²) in [4.78, 5) is 13.3. The molecule has 0 bridgehead atoms. The summed E-state index contributed by atoms with van der Waals surface area (Å²) in [6, 6.07) is 1.18. The maximum Gasteiger partial charge on any atom is 0.341 e. The number of aromatic nitrogens is 1. The molecule has 1 heterocycles. The van der Waals surface area contributed by atoms with Crippen LogP contribution in [0.15, 0.2) is 12.3 Å². The first-order valence-electron chi connectivity index (χ1n) is 3.20. The molecular formula is C7H8FN2O2+. The van der Waals surface area contributed by atoms with Crippen LogP contribution in [0.1, 0.15) is 10.4 Å². The first kappa shape index (κ1) is 8.45. The van der Waals surface area contributed by atoms with Crippen LogP contribution < -0.4 is 10.7 Å². The summed E-state index contributed by atoms with van der Waals surface area (Å²) < 4.78 is 17.1. The lowest BCUT2D eigenvalue weighted by atomic mass is 10.2. The van der Waals surface area contributed by atoms with Gasteiger partial charge in [-0.1, -0.05) is 0 Å². The van der Waals surface area contributed by atoms with Crippen LogP contribution in [0.5, 0.6) is 0 Å². The number of halogens is 1. The molecule has 0 radical (unpaired) electrons. The number of rotatable bonds is 1. The van der Waals surface area contributed by atoms with Crippen molar-refractivity contribution >= 4 is 11.8 Å². The molecule has 0 saturated carbocycles. The zero-order chi connectivity index (χ0) is 9.14. The highest BCUT2D eigenvalue weighted by Crippen LogP contribution is 2.07. The normalized spacial score (nSPS) is 9.50. The van der Waals surface area contributed by atoms with Crippen molar-refractivity contribution in [2.24, 2.45) is 0 Å². The Hall–Kier alpha value is -1.65. The number of H-pyrrole nitrogens is 1. The first-order chi connectivity index (χ1) is 5.65. The smallest absolute Gasteiger partial charge is 0.341 e. The molecule has 0 fully saturated rings. The van der Waals surface area contributed by atoms with Gasteiger partial charge in [0.1, 0.15) is 11.8 Å². The fourth-order valence-corrected chi connectivity index (χ4v) is 0.757. The number of hydrogen-bond acceptors (Lipinski definition) is 3. The van der Waals surface area contributed by atoms with Crippen LogP contribution in [0.25, 0.3) is 0 Å². The lowest BCUT2D eigenvalue weighted by Crippen LogP contribution is -2.15. The van der Waals surface area contributed by atoms with E-state index in [0.717, 1.165) is 6.20 Å². The molecular weight excluding hydrogens is 163 g/mol. The third kappa shape index (κ3) is 1.50. The molecule has 0 amide bonds. The quantitative estimate of drug-likeness (QED) is 0.605. The van der Waals surface area contributed by atoms with Crippen LogP contribution >= 0.6 is 0 Å². The largest absolute Gasteiger partial charge is 0.465 e. The number of methoxy groups -OCH3 is 1. The van der Waals surface area contributed by atoms with E-state index in [1.165, 1.54) is 13.2 Å². The van der Waals surface area contributed by atoms with Crippen LogP contribution in [0.4, 0.5) is 10.2 Å². The van der Waals surface area contributed by atoms with Crippen molar-refractivity contribution < 1.29 is 18.9 Å². The molecule has 4 nitrogen and oxygen atoms in total. The number of nitrogens with one attached hydrogen (secondary N) is 1. The first-order valence-corrected chi connectivity index (χ1v) is 3.20. The van der Waals surface area contributed by atoms with E-state index < -0.39 is 11.8 Å². The monoisotopic (exact) mass is 171 g/mol. The van der Waals surface area contributed by atoms with E-state index in [9.17, 15) is 9.18 Å². The average Bonchev–Trinajstić information content (AvgIpc) is 2.08. The molecule has 1 aromatic rings. The molecule has 5 heteroatoms. The molecule has 1 aromatic heterocycles. The van der Waals surface area contributed by atoms with E-state index in [-0.39, 0.29) is 11.4 Å². The van der Waals surface area contributed by atoms with E-state index in [1.54, 1.807) is 0 Å². The highest BCUT2D eigenvalue weighted by atomic mass is 19.1. The molecule has 12 heavy (non-hydrogen) atoms. The van der Waals surface area contributed by atoms with Gasteiger partial charge in [-0.2, -0.15) is 0 Å². The second kappa shape index (κ2) is 3.17. The highest BCUT2D eigenvalue weighted by Gasteiger charge is 2.14. The molecule has 0 atom stereocenters. The van der Waals surface area contributed by atoms with Crippen LogP contribution in [-0.2, 0) is 4.74 Å². The lowest BCUT2D eigenvalue weighted by molar-refractivity contribution is -0.363. The SMILES string of the molecule is COC(=O)c1cc(N)[nH+]cc1F. The van der Waals surface area contributed by atoms with Gasteiger partial charge in [0, 0.05) is 6.07 Å². The molecule has 3 N–H and O–H groups in total. The van der Waals surface area contributed by atoms with Gasteiger partial charge >= 0.3 is 5.97 Å². The summed E-state index contributed by atoms with van der Waals surface area (Å²) in [5.74, 6) is -1.22. The van der Waals surface area contributed by atoms with E-state index in [1.807, 2.05) is 0 Å². The number of nitrogen functional groups attached to an aromatic ring is 1. The summed E-state index contributed by atoms with van der Waals surface area (Å²) in [6.07, 6.45) is 1.00. The highest BCUT2D eigenvalue weighted by molar-refractivity contribution is 5.89. The molecule has 64 valence electrons. The molecule has 0 saturated heterocycles. The van der Waals surface area contributed by atoms with Crippen molar-refractivity contribution in [3.63, 3.8) is 0 Å². The van der Waals surface area contributed by atoms with Crippen molar-refractivity contribution in [3.05, 3.63) is 23.6 Å². The standard InChI is InChI=1S/C7H7FN2O2/c1-12-7(11)4-2-6(9)10-3-5(4)8/h2-3H,1H3,(H2,9,10)/p+1. The number of ether oxygens (including phenoxy) is 1. The predicted octanol–water partition coefficient (Wildman–Crippen LogP) is 0.00860. The summed E-state index contributed by atoms with van der Waals surface area (Å²) in [5, 5.41) is 0. The van der Waals surface area contributed by atoms with Gasteiger partial charge in [0.2, 0.25) is 0 Å². The second-order valence-electron chi connectivity index (χ2n) is 2.14. The summed E-state index contributed by atoms with van der Waals surface area (Å²) in [6.45, 7) is 0. The molecule has 0 aliphatic carbocycles. The Kier molecular flexibility index (Phi) is 2.23. The lowest BCUT2D eigenvalue weighted by Gasteiger charge is -1.98. The maximum absolute atomic E-state index is 12.8. The number of esters is 1. The fourth-order valence-electron chi connectivity index (χ4n) is 0.757. The average molecular weight is 171 g/mol. The number of carbonyl (C=O) groups excluding carboxylic acids is 1. The topological polar surface area (TPSA) is 66.5 Å². The zero-order valence-electron chi connectivity index (χ0n) is 6.43. The number of hydrogen-bond donors (Lipinski definition) is 1. The maximum atomic E-state index is 12.8. The van der Waals surface area contributed by atoms with Gasteiger partial charge in [-0.25, -0.2) is 14.2 Å². The Morgan fingerprint density at radius 1 is 1.75 bits per heavy atom. The third-order valence-corrected chi connectivity index (χ3v) is 1.33. The molecule has 0 spiro atoms. The van der Waals surface area contributed by atoms with Gasteiger partial charge < -0.3 is 4.74 Å². The Labute approximate surface area is 68.2 Å². The third-order valence-electron chi connectivity index (χ3n) is 1.33. The van der Waals surface area contributed by atoms with Crippen molar-refractivity contribution in [2.45, 2.75) is 0 Å². The number of carbonyl (C=O) groups is 1. The number of aromatic amines is 1. The van der Waals surface area contributed by atoms with Crippen molar-refractivity contribution in [1.29, 1.82) is 0 Å². The minimum absolute atomic E-state index is 0.172. The molecule has 0 aliphatic rings. The van der Waals surface area contributed by atoms with Crippen LogP contribution in [0, 0.1) is 5.82 Å². The minimum Gasteiger partial charge on any atom is -0.465 e. The van der Waals surface area contributed by atoms with Crippen molar-refractivity contribution in [1.82, 2.24) is 0 Å². The van der Waals surface area contributed by atoms with Gasteiger partial charge in [0.05, 0.1) is 7.11 Å². The summed E-state index contributed by atoms with van der Waals surface area (Å²) in [7, 11) is 1.18. The number of pyridine rings is 1. The Morgan fingerprint density at radius 3 is 3.00 bits per heavy atom. The van der Waals surface area contributed by atoms with E-state index in [0.29, 0.717) is 0 Å². The Bertz CT molecular complexity index is 314. The van der Waals surface area contributed by atoms with Gasteiger partial charge in [0.25, 0.3) is 5.82 Å². The predicted molar refractivity (Wildman–Crippen MR) is 38.7 cm³/mol. The van der Waals surface area contributed by atoms with E-state index in [2.05, 4.69) is 9.72 Å². The molecule has 1 rings (SSSR count).